The monoisotopic (exact) mass is 648 g/mol. The first-order valence-corrected chi connectivity index (χ1v) is 16.1. The van der Waals surface area contributed by atoms with Crippen molar-refractivity contribution < 1.29 is 38.8 Å². The lowest BCUT2D eigenvalue weighted by Crippen LogP contribution is -2.46. The van der Waals surface area contributed by atoms with E-state index in [9.17, 15) is 24.6 Å². The van der Waals surface area contributed by atoms with E-state index < -0.39 is 30.2 Å². The lowest BCUT2D eigenvalue weighted by molar-refractivity contribution is -0.264. The number of cyclic esters (lactones) is 2. The summed E-state index contributed by atoms with van der Waals surface area (Å²) < 4.78 is 18.3. The number of likely N-dealkylation sites (tertiary alicyclic amines) is 1. The van der Waals surface area contributed by atoms with Crippen molar-refractivity contribution in [1.29, 1.82) is 0 Å². The van der Waals surface area contributed by atoms with Gasteiger partial charge in [-0.25, -0.2) is 9.59 Å². The summed E-state index contributed by atoms with van der Waals surface area (Å²) in [5, 5.41) is 22.7. The summed E-state index contributed by atoms with van der Waals surface area (Å²) in [6.45, 7) is 1.48. The van der Waals surface area contributed by atoms with Crippen LogP contribution >= 0.6 is 0 Å². The molecule has 10 nitrogen and oxygen atoms in total. The standard InChI is InChI=1S/C38H36N2O8/c41-21-23-11-13-25(14-12-23)34-33(24-6-2-1-3-7-24)32(20-40-17-5-10-29(40)22-42)46-38(47-34)27-8-4-9-28(18-27)39-35(43)26-15-16-30-31(19-26)37(45)48-36(30)44/h1-4,6-9,11-16,18-19,29,32-34,38,41-42H,5,10,17,20-22H2,(H,39,43)/t29-,32+,33+,34-,38?/m0/s1. The fourth-order valence-electron chi connectivity index (χ4n) is 6.93. The van der Waals surface area contributed by atoms with Crippen molar-refractivity contribution in [2.45, 2.75) is 49.9 Å². The van der Waals surface area contributed by atoms with Crippen LogP contribution in [0.3, 0.4) is 0 Å². The van der Waals surface area contributed by atoms with Crippen LogP contribution in [0.5, 0.6) is 0 Å². The third-order valence-corrected chi connectivity index (χ3v) is 9.42. The SMILES string of the molecule is O=C(Nc1cccc(C2O[C@H](CN3CCC[C@H]3CO)[C@@H](c3ccccc3)[C@H](c3ccc(CO)cc3)O2)c1)c1ccc2c(c1)C(=O)OC2=O. The number of anilines is 1. The zero-order chi connectivity index (χ0) is 33.2. The number of nitrogens with one attached hydrogen (secondary N) is 1. The Balaban J connectivity index is 1.20. The molecule has 4 aromatic carbocycles. The molecule has 3 heterocycles. The van der Waals surface area contributed by atoms with Gasteiger partial charge >= 0.3 is 11.9 Å². The minimum absolute atomic E-state index is 0.0592. The van der Waals surface area contributed by atoms with Gasteiger partial charge in [0.05, 0.1) is 36.5 Å². The first-order chi connectivity index (χ1) is 23.4. The molecule has 4 aromatic rings. The molecule has 0 aromatic heterocycles. The van der Waals surface area contributed by atoms with Crippen molar-refractivity contribution in [2.24, 2.45) is 0 Å². The largest absolute Gasteiger partial charge is 0.395 e. The molecule has 246 valence electrons. The minimum atomic E-state index is -0.787. The highest BCUT2D eigenvalue weighted by Crippen LogP contribution is 2.47. The summed E-state index contributed by atoms with van der Waals surface area (Å²) in [5.74, 6) is -2.14. The maximum Gasteiger partial charge on any atom is 0.346 e. The Labute approximate surface area is 277 Å². The lowest BCUT2D eigenvalue weighted by atomic mass is 9.83. The number of nitrogens with zero attached hydrogens (tertiary/aromatic N) is 1. The molecular formula is C38H36N2O8. The average molecular weight is 649 g/mol. The number of benzene rings is 4. The van der Waals surface area contributed by atoms with E-state index >= 15 is 0 Å². The van der Waals surface area contributed by atoms with Crippen LogP contribution in [0, 0.1) is 0 Å². The number of ether oxygens (including phenoxy) is 3. The molecule has 1 amide bonds. The van der Waals surface area contributed by atoms with Crippen molar-refractivity contribution in [3.8, 4) is 0 Å². The van der Waals surface area contributed by atoms with Gasteiger partial charge in [-0.15, -0.1) is 0 Å². The van der Waals surface area contributed by atoms with Gasteiger partial charge in [-0.2, -0.15) is 0 Å². The van der Waals surface area contributed by atoms with Crippen molar-refractivity contribution >= 4 is 23.5 Å². The van der Waals surface area contributed by atoms with Gasteiger partial charge in [0.15, 0.2) is 6.29 Å². The van der Waals surface area contributed by atoms with Gasteiger partial charge in [-0.1, -0.05) is 66.7 Å². The van der Waals surface area contributed by atoms with Crippen LogP contribution in [0.25, 0.3) is 0 Å². The second kappa shape index (κ2) is 13.8. The molecule has 2 saturated heterocycles. The van der Waals surface area contributed by atoms with E-state index in [4.69, 9.17) is 9.47 Å². The molecule has 0 spiro atoms. The molecule has 5 atom stereocenters. The zero-order valence-corrected chi connectivity index (χ0v) is 26.2. The van der Waals surface area contributed by atoms with E-state index in [2.05, 4.69) is 27.1 Å². The van der Waals surface area contributed by atoms with Crippen LogP contribution in [-0.4, -0.2) is 64.8 Å². The number of hydrogen-bond acceptors (Lipinski definition) is 9. The average Bonchev–Trinajstić information content (AvgIpc) is 3.70. The molecule has 3 N–H and O–H groups in total. The third-order valence-electron chi connectivity index (χ3n) is 9.42. The Bertz CT molecular complexity index is 1810. The molecular weight excluding hydrogens is 612 g/mol. The van der Waals surface area contributed by atoms with E-state index in [1.54, 1.807) is 12.1 Å². The molecule has 2 fully saturated rings. The molecule has 0 saturated carbocycles. The van der Waals surface area contributed by atoms with Gasteiger partial charge in [0.2, 0.25) is 0 Å². The van der Waals surface area contributed by atoms with Gasteiger partial charge in [0, 0.05) is 35.3 Å². The van der Waals surface area contributed by atoms with Gasteiger partial charge in [-0.05, 0) is 66.4 Å². The fraction of sp³-hybridized carbons (Fsp3) is 0.289. The molecule has 3 aliphatic heterocycles. The summed E-state index contributed by atoms with van der Waals surface area (Å²) in [4.78, 5) is 39.4. The number of amides is 1. The maximum atomic E-state index is 13.2. The van der Waals surface area contributed by atoms with E-state index in [-0.39, 0.29) is 48.0 Å². The number of aliphatic hydroxyl groups excluding tert-OH is 2. The molecule has 1 unspecified atom stereocenters. The first-order valence-electron chi connectivity index (χ1n) is 16.1. The summed E-state index contributed by atoms with van der Waals surface area (Å²) in [6, 6.07) is 29.5. The molecule has 0 aliphatic carbocycles. The van der Waals surface area contributed by atoms with Crippen LogP contribution in [0.4, 0.5) is 5.69 Å². The van der Waals surface area contributed by atoms with Gasteiger partial charge < -0.3 is 29.7 Å². The van der Waals surface area contributed by atoms with Crippen molar-refractivity contribution in [1.82, 2.24) is 4.90 Å². The fourth-order valence-corrected chi connectivity index (χ4v) is 6.93. The molecule has 0 bridgehead atoms. The Morgan fingerprint density at radius 2 is 1.58 bits per heavy atom. The highest BCUT2D eigenvalue weighted by molar-refractivity contribution is 6.16. The second-order valence-corrected chi connectivity index (χ2v) is 12.4. The summed E-state index contributed by atoms with van der Waals surface area (Å²) >= 11 is 0. The van der Waals surface area contributed by atoms with Gasteiger partial charge in [-0.3, -0.25) is 9.69 Å². The van der Waals surface area contributed by atoms with Gasteiger partial charge in [0.1, 0.15) is 0 Å². The number of carbonyl (C=O) groups is 3. The molecule has 3 aliphatic rings. The third kappa shape index (κ3) is 6.41. The molecule has 48 heavy (non-hydrogen) atoms. The number of hydrogen-bond donors (Lipinski definition) is 3. The molecule has 0 radical (unpaired) electrons. The normalized spacial score (nSPS) is 23.9. The quantitative estimate of drug-likeness (QED) is 0.167. The van der Waals surface area contributed by atoms with E-state index in [1.807, 2.05) is 54.6 Å². The van der Waals surface area contributed by atoms with Crippen LogP contribution in [-0.2, 0) is 20.8 Å². The predicted octanol–water partition coefficient (Wildman–Crippen LogP) is 5.14. The summed E-state index contributed by atoms with van der Waals surface area (Å²) in [5.41, 5.74) is 4.40. The van der Waals surface area contributed by atoms with Crippen molar-refractivity contribution in [3.05, 3.63) is 136 Å². The molecule has 10 heteroatoms. The van der Waals surface area contributed by atoms with Gasteiger partial charge in [0.25, 0.3) is 5.91 Å². The summed E-state index contributed by atoms with van der Waals surface area (Å²) in [7, 11) is 0. The van der Waals surface area contributed by atoms with Crippen LogP contribution < -0.4 is 5.32 Å². The molecule has 7 rings (SSSR count). The Morgan fingerprint density at radius 1 is 0.812 bits per heavy atom. The van der Waals surface area contributed by atoms with Crippen LogP contribution in [0.1, 0.15) is 84.5 Å². The summed E-state index contributed by atoms with van der Waals surface area (Å²) in [6.07, 6.45) is 0.419. The lowest BCUT2D eigenvalue weighted by Gasteiger charge is -2.44. The number of esters is 2. The first kappa shape index (κ1) is 31.9. The zero-order valence-electron chi connectivity index (χ0n) is 26.2. The van der Waals surface area contributed by atoms with Crippen molar-refractivity contribution in [3.63, 3.8) is 0 Å². The van der Waals surface area contributed by atoms with E-state index in [0.717, 1.165) is 36.1 Å². The Kier molecular flexibility index (Phi) is 9.16. The Hall–Kier alpha value is -4.71. The second-order valence-electron chi connectivity index (χ2n) is 12.4. The predicted molar refractivity (Wildman–Crippen MR) is 175 cm³/mol. The smallest absolute Gasteiger partial charge is 0.346 e. The topological polar surface area (TPSA) is 135 Å². The number of rotatable bonds is 9. The highest BCUT2D eigenvalue weighted by Gasteiger charge is 2.43. The van der Waals surface area contributed by atoms with Crippen LogP contribution in [0.15, 0.2) is 97.1 Å². The number of fused-ring (bicyclic) bond motifs is 1. The maximum absolute atomic E-state index is 13.2. The number of aliphatic hydroxyl groups is 2. The number of carbonyl (C=O) groups excluding carboxylic acids is 3. The van der Waals surface area contributed by atoms with E-state index in [0.29, 0.717) is 17.8 Å². The van der Waals surface area contributed by atoms with Crippen molar-refractivity contribution in [2.75, 3.05) is 25.0 Å². The Morgan fingerprint density at radius 3 is 2.35 bits per heavy atom. The minimum Gasteiger partial charge on any atom is -0.395 e. The van der Waals surface area contributed by atoms with Crippen LogP contribution in [0.2, 0.25) is 0 Å². The highest BCUT2D eigenvalue weighted by atomic mass is 16.7. The van der Waals surface area contributed by atoms with E-state index in [1.165, 1.54) is 18.2 Å².